The van der Waals surface area contributed by atoms with Gasteiger partial charge in [-0.15, -0.1) is 0 Å². The van der Waals surface area contributed by atoms with Crippen LogP contribution in [0.15, 0.2) is 48.7 Å². The lowest BCUT2D eigenvalue weighted by atomic mass is 10.1. The standard InChI is InChI=1S/C17H21N3O2/c1-13(20-17(21)8-9-18)14-5-4-7-16(11-14)22-12-15-6-2-3-10-19-15/h2-7,10-11,13H,8-9,12,18H2,1H3,(H,20,21). The average molecular weight is 299 g/mol. The fraction of sp³-hybridized carbons (Fsp3) is 0.294. The number of nitrogens with one attached hydrogen (secondary N) is 1. The minimum Gasteiger partial charge on any atom is -0.487 e. The topological polar surface area (TPSA) is 77.2 Å². The van der Waals surface area contributed by atoms with Crippen LogP contribution in [0.5, 0.6) is 5.75 Å². The molecule has 3 N–H and O–H groups in total. The Morgan fingerprint density at radius 2 is 2.18 bits per heavy atom. The van der Waals surface area contributed by atoms with Crippen LogP contribution in [0, 0.1) is 0 Å². The number of rotatable bonds is 7. The van der Waals surface area contributed by atoms with E-state index in [-0.39, 0.29) is 11.9 Å². The third-order valence-corrected chi connectivity index (χ3v) is 3.22. The van der Waals surface area contributed by atoms with E-state index in [9.17, 15) is 4.79 Å². The predicted molar refractivity (Wildman–Crippen MR) is 85.2 cm³/mol. The highest BCUT2D eigenvalue weighted by Gasteiger charge is 2.09. The van der Waals surface area contributed by atoms with Gasteiger partial charge >= 0.3 is 0 Å². The third-order valence-electron chi connectivity index (χ3n) is 3.22. The van der Waals surface area contributed by atoms with E-state index < -0.39 is 0 Å². The molecule has 0 fully saturated rings. The highest BCUT2D eigenvalue weighted by atomic mass is 16.5. The lowest BCUT2D eigenvalue weighted by Gasteiger charge is -2.15. The molecule has 116 valence electrons. The van der Waals surface area contributed by atoms with E-state index in [1.54, 1.807) is 6.20 Å². The van der Waals surface area contributed by atoms with Crippen LogP contribution in [0.4, 0.5) is 0 Å². The van der Waals surface area contributed by atoms with E-state index in [1.165, 1.54) is 0 Å². The Morgan fingerprint density at radius 1 is 1.32 bits per heavy atom. The number of pyridine rings is 1. The van der Waals surface area contributed by atoms with Gasteiger partial charge in [-0.25, -0.2) is 0 Å². The number of aromatic nitrogens is 1. The van der Waals surface area contributed by atoms with Crippen molar-refractivity contribution in [3.05, 3.63) is 59.9 Å². The van der Waals surface area contributed by atoms with Gasteiger partial charge in [-0.1, -0.05) is 18.2 Å². The third kappa shape index (κ3) is 4.86. The molecule has 0 aliphatic rings. The van der Waals surface area contributed by atoms with Crippen LogP contribution in [0.25, 0.3) is 0 Å². The fourth-order valence-corrected chi connectivity index (χ4v) is 2.04. The SMILES string of the molecule is CC(NC(=O)CCN)c1cccc(OCc2ccccn2)c1. The van der Waals surface area contributed by atoms with Crippen LogP contribution in [0.2, 0.25) is 0 Å². The van der Waals surface area contributed by atoms with Crippen molar-refractivity contribution >= 4 is 5.91 Å². The lowest BCUT2D eigenvalue weighted by Crippen LogP contribution is -2.28. The highest BCUT2D eigenvalue weighted by molar-refractivity contribution is 5.76. The summed E-state index contributed by atoms with van der Waals surface area (Å²) in [5.74, 6) is 0.706. The van der Waals surface area contributed by atoms with Crippen LogP contribution in [0.1, 0.15) is 30.6 Å². The van der Waals surface area contributed by atoms with Crippen molar-refractivity contribution in [2.45, 2.75) is 26.0 Å². The average Bonchev–Trinajstić information content (AvgIpc) is 2.54. The van der Waals surface area contributed by atoms with Crippen molar-refractivity contribution in [1.29, 1.82) is 0 Å². The zero-order valence-corrected chi connectivity index (χ0v) is 12.7. The van der Waals surface area contributed by atoms with Crippen molar-refractivity contribution in [3.8, 4) is 5.75 Å². The Morgan fingerprint density at radius 3 is 2.91 bits per heavy atom. The minimum absolute atomic E-state index is 0.0465. The van der Waals surface area contributed by atoms with Crippen LogP contribution < -0.4 is 15.8 Å². The normalized spacial score (nSPS) is 11.7. The summed E-state index contributed by atoms with van der Waals surface area (Å²) in [6, 6.07) is 13.3. The van der Waals surface area contributed by atoms with Gasteiger partial charge in [-0.3, -0.25) is 9.78 Å². The molecule has 1 amide bonds. The molecule has 0 saturated carbocycles. The zero-order valence-electron chi connectivity index (χ0n) is 12.7. The van der Waals surface area contributed by atoms with Gasteiger partial charge in [0.1, 0.15) is 12.4 Å². The van der Waals surface area contributed by atoms with Crippen molar-refractivity contribution in [2.24, 2.45) is 5.73 Å². The Labute approximate surface area is 130 Å². The quantitative estimate of drug-likeness (QED) is 0.821. The van der Waals surface area contributed by atoms with Crippen molar-refractivity contribution in [2.75, 3.05) is 6.54 Å². The molecule has 0 aliphatic carbocycles. The molecule has 2 rings (SSSR count). The van der Waals surface area contributed by atoms with Gasteiger partial charge in [0.15, 0.2) is 0 Å². The molecule has 0 saturated heterocycles. The first-order valence-electron chi connectivity index (χ1n) is 7.31. The summed E-state index contributed by atoms with van der Waals surface area (Å²) in [5, 5.41) is 2.91. The molecular formula is C17H21N3O2. The fourth-order valence-electron chi connectivity index (χ4n) is 2.04. The molecule has 5 heteroatoms. The Balaban J connectivity index is 1.95. The van der Waals surface area contributed by atoms with Crippen LogP contribution >= 0.6 is 0 Å². The molecule has 0 spiro atoms. The second-order valence-electron chi connectivity index (χ2n) is 5.01. The molecule has 22 heavy (non-hydrogen) atoms. The maximum absolute atomic E-state index is 11.6. The molecule has 2 aromatic rings. The number of benzene rings is 1. The monoisotopic (exact) mass is 299 g/mol. The first kappa shape index (κ1) is 16.0. The summed E-state index contributed by atoms with van der Waals surface area (Å²) < 4.78 is 5.74. The summed E-state index contributed by atoms with van der Waals surface area (Å²) in [7, 11) is 0. The minimum atomic E-state index is -0.0857. The Hall–Kier alpha value is -2.40. The molecule has 1 heterocycles. The van der Waals surface area contributed by atoms with Gasteiger partial charge in [0, 0.05) is 19.2 Å². The maximum atomic E-state index is 11.6. The predicted octanol–water partition coefficient (Wildman–Crippen LogP) is 2.19. The number of carbonyl (C=O) groups is 1. The first-order valence-corrected chi connectivity index (χ1v) is 7.31. The van der Waals surface area contributed by atoms with E-state index in [4.69, 9.17) is 10.5 Å². The van der Waals surface area contributed by atoms with Crippen molar-refractivity contribution < 1.29 is 9.53 Å². The molecule has 1 unspecified atom stereocenters. The molecule has 0 bridgehead atoms. The molecule has 0 radical (unpaired) electrons. The number of hydrogen-bond acceptors (Lipinski definition) is 4. The summed E-state index contributed by atoms with van der Waals surface area (Å²) in [6.07, 6.45) is 2.07. The number of amides is 1. The second kappa shape index (κ2) is 8.14. The van der Waals surface area contributed by atoms with E-state index in [0.717, 1.165) is 17.0 Å². The van der Waals surface area contributed by atoms with Gasteiger partial charge in [0.25, 0.3) is 0 Å². The van der Waals surface area contributed by atoms with E-state index in [1.807, 2.05) is 49.4 Å². The second-order valence-corrected chi connectivity index (χ2v) is 5.01. The highest BCUT2D eigenvalue weighted by Crippen LogP contribution is 2.20. The maximum Gasteiger partial charge on any atom is 0.221 e. The van der Waals surface area contributed by atoms with Gasteiger partial charge in [-0.2, -0.15) is 0 Å². The molecular weight excluding hydrogens is 278 g/mol. The van der Waals surface area contributed by atoms with E-state index in [2.05, 4.69) is 10.3 Å². The molecule has 0 aliphatic heterocycles. The van der Waals surface area contributed by atoms with Crippen molar-refractivity contribution in [1.82, 2.24) is 10.3 Å². The Bertz CT molecular complexity index is 602. The molecule has 5 nitrogen and oxygen atoms in total. The number of nitrogens with zero attached hydrogens (tertiary/aromatic N) is 1. The van der Waals surface area contributed by atoms with Gasteiger partial charge < -0.3 is 15.8 Å². The van der Waals surface area contributed by atoms with E-state index >= 15 is 0 Å². The smallest absolute Gasteiger partial charge is 0.221 e. The van der Waals surface area contributed by atoms with Crippen LogP contribution in [-0.4, -0.2) is 17.4 Å². The van der Waals surface area contributed by atoms with Gasteiger partial charge in [0.05, 0.1) is 11.7 Å². The first-order chi connectivity index (χ1) is 10.7. The largest absolute Gasteiger partial charge is 0.487 e. The molecule has 1 atom stereocenters. The van der Waals surface area contributed by atoms with Gasteiger partial charge in [-0.05, 0) is 36.8 Å². The summed E-state index contributed by atoms with van der Waals surface area (Å²) in [4.78, 5) is 15.8. The lowest BCUT2D eigenvalue weighted by molar-refractivity contribution is -0.121. The number of nitrogens with two attached hydrogens (primary N) is 1. The molecule has 1 aromatic heterocycles. The zero-order chi connectivity index (χ0) is 15.8. The number of ether oxygens (including phenoxy) is 1. The summed E-state index contributed by atoms with van der Waals surface area (Å²) in [6.45, 7) is 2.70. The number of carbonyl (C=O) groups excluding carboxylic acids is 1. The molecule has 1 aromatic carbocycles. The number of hydrogen-bond donors (Lipinski definition) is 2. The van der Waals surface area contributed by atoms with Crippen molar-refractivity contribution in [3.63, 3.8) is 0 Å². The van der Waals surface area contributed by atoms with E-state index in [0.29, 0.717) is 19.6 Å². The van der Waals surface area contributed by atoms with Crippen LogP contribution in [-0.2, 0) is 11.4 Å². The summed E-state index contributed by atoms with van der Waals surface area (Å²) >= 11 is 0. The Kier molecular flexibility index (Phi) is 5.91. The van der Waals surface area contributed by atoms with Crippen LogP contribution in [0.3, 0.4) is 0 Å². The van der Waals surface area contributed by atoms with Gasteiger partial charge in [0.2, 0.25) is 5.91 Å². The summed E-state index contributed by atoms with van der Waals surface area (Å²) in [5.41, 5.74) is 7.24.